The molecule has 1 saturated heterocycles. The molecule has 2 amide bonds. The standard InChI is InChI=1S/C19H19N3O4S2/c23-18-15-5-1-2-6-16(15)19(24)22(18)11-12-27-17-8-7-14(13-20-17)28(25,26)21-9-3-4-10-21/h1-2,5-8,13H,3-4,9-12H2. The van der Waals surface area contributed by atoms with Crippen LogP contribution in [-0.2, 0) is 10.0 Å². The molecule has 1 aromatic carbocycles. The SMILES string of the molecule is O=C1c2ccccc2C(=O)N1CCSc1ccc(S(=O)(=O)N2CCCC2)cn1. The summed E-state index contributed by atoms with van der Waals surface area (Å²) in [5, 5.41) is 0.650. The molecule has 0 N–H and O–H groups in total. The molecule has 0 spiro atoms. The van der Waals surface area contributed by atoms with Crippen LogP contribution < -0.4 is 0 Å². The van der Waals surface area contributed by atoms with Crippen molar-refractivity contribution in [3.05, 3.63) is 53.7 Å². The maximum atomic E-state index is 12.5. The Labute approximate surface area is 167 Å². The Kier molecular flexibility index (Phi) is 5.22. The summed E-state index contributed by atoms with van der Waals surface area (Å²) in [6.07, 6.45) is 3.15. The average Bonchev–Trinajstić information content (AvgIpc) is 3.33. The zero-order valence-corrected chi connectivity index (χ0v) is 16.7. The minimum atomic E-state index is -3.47. The summed E-state index contributed by atoms with van der Waals surface area (Å²) in [5.41, 5.74) is 0.874. The summed E-state index contributed by atoms with van der Waals surface area (Å²) in [7, 11) is -3.47. The van der Waals surface area contributed by atoms with E-state index in [0.717, 1.165) is 12.8 Å². The van der Waals surface area contributed by atoms with Crippen LogP contribution in [0.25, 0.3) is 0 Å². The Bertz CT molecular complexity index is 981. The fourth-order valence-corrected chi connectivity index (χ4v) is 5.60. The summed E-state index contributed by atoms with van der Waals surface area (Å²) in [6, 6.07) is 10.0. The molecular formula is C19H19N3O4S2. The van der Waals surface area contributed by atoms with Crippen molar-refractivity contribution in [1.82, 2.24) is 14.2 Å². The van der Waals surface area contributed by atoms with E-state index >= 15 is 0 Å². The number of fused-ring (bicyclic) bond motifs is 1. The number of hydrogen-bond acceptors (Lipinski definition) is 6. The first kappa shape index (κ1) is 19.1. The third-order valence-electron chi connectivity index (χ3n) is 4.86. The number of thioether (sulfide) groups is 1. The van der Waals surface area contributed by atoms with Gasteiger partial charge >= 0.3 is 0 Å². The molecule has 1 aromatic heterocycles. The van der Waals surface area contributed by atoms with Gasteiger partial charge in [0, 0.05) is 31.6 Å². The maximum Gasteiger partial charge on any atom is 0.261 e. The Morgan fingerprint density at radius 3 is 2.18 bits per heavy atom. The zero-order valence-electron chi connectivity index (χ0n) is 15.1. The highest BCUT2D eigenvalue weighted by molar-refractivity contribution is 7.99. The number of carbonyl (C=O) groups excluding carboxylic acids is 2. The number of nitrogens with zero attached hydrogens (tertiary/aromatic N) is 3. The van der Waals surface area contributed by atoms with E-state index in [1.807, 2.05) is 0 Å². The fraction of sp³-hybridized carbons (Fsp3) is 0.316. The molecule has 1 fully saturated rings. The van der Waals surface area contributed by atoms with Crippen molar-refractivity contribution in [3.8, 4) is 0 Å². The molecule has 0 saturated carbocycles. The highest BCUT2D eigenvalue weighted by atomic mass is 32.2. The fourth-order valence-electron chi connectivity index (χ4n) is 3.37. The van der Waals surface area contributed by atoms with Crippen LogP contribution in [0.4, 0.5) is 0 Å². The smallest absolute Gasteiger partial charge is 0.261 e. The van der Waals surface area contributed by atoms with Crippen molar-refractivity contribution >= 4 is 33.6 Å². The topological polar surface area (TPSA) is 87.7 Å². The second-order valence-electron chi connectivity index (χ2n) is 6.60. The van der Waals surface area contributed by atoms with E-state index in [9.17, 15) is 18.0 Å². The lowest BCUT2D eigenvalue weighted by Gasteiger charge is -2.15. The van der Waals surface area contributed by atoms with Crippen LogP contribution in [0.15, 0.2) is 52.5 Å². The molecule has 2 aliphatic heterocycles. The minimum Gasteiger partial charge on any atom is -0.273 e. The third-order valence-corrected chi connectivity index (χ3v) is 7.66. The van der Waals surface area contributed by atoms with Gasteiger partial charge in [-0.25, -0.2) is 13.4 Å². The second kappa shape index (κ2) is 7.65. The monoisotopic (exact) mass is 417 g/mol. The van der Waals surface area contributed by atoms with Crippen LogP contribution >= 0.6 is 11.8 Å². The molecule has 9 heteroatoms. The summed E-state index contributed by atoms with van der Waals surface area (Å²) in [4.78, 5) is 30.3. The van der Waals surface area contributed by atoms with Gasteiger partial charge in [0.25, 0.3) is 11.8 Å². The van der Waals surface area contributed by atoms with Crippen molar-refractivity contribution in [2.45, 2.75) is 22.8 Å². The summed E-state index contributed by atoms with van der Waals surface area (Å²) in [5.74, 6) is -0.0705. The van der Waals surface area contributed by atoms with E-state index < -0.39 is 10.0 Å². The molecule has 3 heterocycles. The molecule has 0 atom stereocenters. The van der Waals surface area contributed by atoms with Crippen LogP contribution in [0.2, 0.25) is 0 Å². The Morgan fingerprint density at radius 1 is 0.964 bits per heavy atom. The van der Waals surface area contributed by atoms with Gasteiger partial charge in [-0.1, -0.05) is 12.1 Å². The number of aromatic nitrogens is 1. The van der Waals surface area contributed by atoms with Gasteiger partial charge in [-0.2, -0.15) is 4.31 Å². The molecule has 0 aliphatic carbocycles. The van der Waals surface area contributed by atoms with Gasteiger partial charge in [0.05, 0.1) is 16.2 Å². The Hall–Kier alpha value is -2.23. The van der Waals surface area contributed by atoms with E-state index in [4.69, 9.17) is 0 Å². The largest absolute Gasteiger partial charge is 0.273 e. The van der Waals surface area contributed by atoms with Gasteiger partial charge in [-0.3, -0.25) is 14.5 Å². The first-order valence-electron chi connectivity index (χ1n) is 9.03. The highest BCUT2D eigenvalue weighted by Gasteiger charge is 2.34. The quantitative estimate of drug-likeness (QED) is 0.529. The molecule has 0 bridgehead atoms. The molecule has 0 unspecified atom stereocenters. The van der Waals surface area contributed by atoms with Crippen molar-refractivity contribution in [3.63, 3.8) is 0 Å². The summed E-state index contributed by atoms with van der Waals surface area (Å²) < 4.78 is 26.5. The summed E-state index contributed by atoms with van der Waals surface area (Å²) in [6.45, 7) is 1.38. The normalized spacial score (nSPS) is 17.4. The maximum absolute atomic E-state index is 12.5. The van der Waals surface area contributed by atoms with Crippen molar-refractivity contribution in [2.75, 3.05) is 25.4 Å². The van der Waals surface area contributed by atoms with Crippen LogP contribution in [0.5, 0.6) is 0 Å². The third kappa shape index (κ3) is 3.45. The van der Waals surface area contributed by atoms with Crippen molar-refractivity contribution in [2.24, 2.45) is 0 Å². The van der Waals surface area contributed by atoms with E-state index in [1.54, 1.807) is 36.4 Å². The molecule has 2 aliphatic rings. The lowest BCUT2D eigenvalue weighted by atomic mass is 10.1. The predicted molar refractivity (Wildman–Crippen MR) is 105 cm³/mol. The predicted octanol–water partition coefficient (Wildman–Crippen LogP) is 2.25. The number of pyridine rings is 1. The van der Waals surface area contributed by atoms with Crippen LogP contribution in [-0.4, -0.2) is 59.8 Å². The molecular weight excluding hydrogens is 398 g/mol. The van der Waals surface area contributed by atoms with E-state index in [-0.39, 0.29) is 23.3 Å². The number of rotatable bonds is 6. The lowest BCUT2D eigenvalue weighted by molar-refractivity contribution is 0.0664. The molecule has 2 aromatic rings. The lowest BCUT2D eigenvalue weighted by Crippen LogP contribution is -2.31. The first-order valence-corrected chi connectivity index (χ1v) is 11.5. The van der Waals surface area contributed by atoms with Crippen LogP contribution in [0, 0.1) is 0 Å². The van der Waals surface area contributed by atoms with Gasteiger partial charge in [0.15, 0.2) is 0 Å². The van der Waals surface area contributed by atoms with Crippen LogP contribution in [0.1, 0.15) is 33.6 Å². The number of hydrogen-bond donors (Lipinski definition) is 0. The molecule has 0 radical (unpaired) electrons. The second-order valence-corrected chi connectivity index (χ2v) is 9.65. The average molecular weight is 418 g/mol. The molecule has 7 nitrogen and oxygen atoms in total. The van der Waals surface area contributed by atoms with Gasteiger partial charge in [-0.15, -0.1) is 11.8 Å². The zero-order chi connectivity index (χ0) is 19.7. The number of benzene rings is 1. The van der Waals surface area contributed by atoms with Gasteiger partial charge in [-0.05, 0) is 37.1 Å². The van der Waals surface area contributed by atoms with Gasteiger partial charge in [0.2, 0.25) is 10.0 Å². The van der Waals surface area contributed by atoms with Gasteiger partial charge < -0.3 is 0 Å². The van der Waals surface area contributed by atoms with Gasteiger partial charge in [0.1, 0.15) is 4.90 Å². The minimum absolute atomic E-state index is 0.194. The van der Waals surface area contributed by atoms with E-state index in [2.05, 4.69) is 4.98 Å². The molecule has 146 valence electrons. The summed E-state index contributed by atoms with van der Waals surface area (Å²) >= 11 is 1.38. The van der Waals surface area contributed by atoms with E-state index in [1.165, 1.54) is 27.2 Å². The first-order chi connectivity index (χ1) is 13.5. The number of imide groups is 1. The van der Waals surface area contributed by atoms with Crippen molar-refractivity contribution < 1.29 is 18.0 Å². The van der Waals surface area contributed by atoms with E-state index in [0.29, 0.717) is 35.0 Å². The molecule has 4 rings (SSSR count). The Balaban J connectivity index is 1.36. The number of sulfonamides is 1. The number of amides is 2. The number of carbonyl (C=O) groups is 2. The van der Waals surface area contributed by atoms with Crippen molar-refractivity contribution in [1.29, 1.82) is 0 Å². The van der Waals surface area contributed by atoms with Crippen LogP contribution in [0.3, 0.4) is 0 Å². The Morgan fingerprint density at radius 2 is 1.61 bits per heavy atom. The molecule has 28 heavy (non-hydrogen) atoms. The highest BCUT2D eigenvalue weighted by Crippen LogP contribution is 2.25.